The molecule has 0 aromatic heterocycles. The molecular weight excluding hydrogens is 250 g/mol. The Bertz CT molecular complexity index is 417. The van der Waals surface area contributed by atoms with Gasteiger partial charge in [0.15, 0.2) is 11.5 Å². The van der Waals surface area contributed by atoms with Gasteiger partial charge in [0.2, 0.25) is 0 Å². The Hall–Kier alpha value is -1.22. The van der Waals surface area contributed by atoms with Crippen molar-refractivity contribution in [3.8, 4) is 11.5 Å². The van der Waals surface area contributed by atoms with Gasteiger partial charge in [-0.15, -0.1) is 0 Å². The molecule has 0 fully saturated rings. The monoisotopic (exact) mass is 277 g/mol. The van der Waals surface area contributed by atoms with E-state index in [1.165, 1.54) is 24.8 Å². The lowest BCUT2D eigenvalue weighted by atomic mass is 10.0. The molecule has 1 aromatic carbocycles. The lowest BCUT2D eigenvalue weighted by molar-refractivity contribution is 0.171. The third-order valence-corrected chi connectivity index (χ3v) is 3.68. The fourth-order valence-electron chi connectivity index (χ4n) is 2.42. The highest BCUT2D eigenvalue weighted by atomic mass is 16.6. The van der Waals surface area contributed by atoms with Crippen LogP contribution in [0.2, 0.25) is 0 Å². The van der Waals surface area contributed by atoms with Gasteiger partial charge in [0.25, 0.3) is 0 Å². The predicted molar refractivity (Wildman–Crippen MR) is 82.4 cm³/mol. The van der Waals surface area contributed by atoms with Gasteiger partial charge in [0, 0.05) is 12.6 Å². The molecule has 3 heteroatoms. The van der Waals surface area contributed by atoms with E-state index < -0.39 is 0 Å². The maximum Gasteiger partial charge on any atom is 0.161 e. The second kappa shape index (κ2) is 7.53. The molecule has 1 atom stereocenters. The van der Waals surface area contributed by atoms with Crippen LogP contribution in [-0.2, 0) is 6.54 Å². The summed E-state index contributed by atoms with van der Waals surface area (Å²) < 4.78 is 11.1. The minimum absolute atomic E-state index is 0.557. The van der Waals surface area contributed by atoms with E-state index in [0.29, 0.717) is 19.3 Å². The third kappa shape index (κ3) is 4.71. The van der Waals surface area contributed by atoms with E-state index in [1.807, 2.05) is 6.07 Å². The molecule has 20 heavy (non-hydrogen) atoms. The summed E-state index contributed by atoms with van der Waals surface area (Å²) in [4.78, 5) is 0. The molecule has 0 saturated carbocycles. The lowest BCUT2D eigenvalue weighted by Crippen LogP contribution is -2.25. The van der Waals surface area contributed by atoms with Crippen LogP contribution in [-0.4, -0.2) is 19.3 Å². The highest BCUT2D eigenvalue weighted by Gasteiger charge is 2.11. The largest absolute Gasteiger partial charge is 0.486 e. The van der Waals surface area contributed by atoms with Crippen LogP contribution in [0.25, 0.3) is 0 Å². The highest BCUT2D eigenvalue weighted by Crippen LogP contribution is 2.30. The van der Waals surface area contributed by atoms with Crippen molar-refractivity contribution < 1.29 is 9.47 Å². The number of nitrogens with one attached hydrogen (secondary N) is 1. The smallest absolute Gasteiger partial charge is 0.161 e. The number of hydrogen-bond acceptors (Lipinski definition) is 3. The number of rotatable bonds is 7. The number of ether oxygens (including phenoxy) is 2. The van der Waals surface area contributed by atoms with E-state index in [9.17, 15) is 0 Å². The summed E-state index contributed by atoms with van der Waals surface area (Å²) in [6.07, 6.45) is 3.85. The van der Waals surface area contributed by atoms with Crippen molar-refractivity contribution in [2.24, 2.45) is 5.92 Å². The number of benzene rings is 1. The molecule has 0 amide bonds. The van der Waals surface area contributed by atoms with Gasteiger partial charge < -0.3 is 14.8 Å². The van der Waals surface area contributed by atoms with Gasteiger partial charge in [-0.25, -0.2) is 0 Å². The van der Waals surface area contributed by atoms with Gasteiger partial charge in [-0.2, -0.15) is 0 Å². The molecule has 0 saturated heterocycles. The van der Waals surface area contributed by atoms with Gasteiger partial charge >= 0.3 is 0 Å². The van der Waals surface area contributed by atoms with Crippen LogP contribution >= 0.6 is 0 Å². The molecule has 1 heterocycles. The first-order valence-corrected chi connectivity index (χ1v) is 7.77. The third-order valence-electron chi connectivity index (χ3n) is 3.68. The molecule has 1 aromatic rings. The Morgan fingerprint density at radius 2 is 1.80 bits per heavy atom. The molecule has 1 N–H and O–H groups in total. The highest BCUT2D eigenvalue weighted by molar-refractivity contribution is 5.43. The minimum Gasteiger partial charge on any atom is -0.486 e. The van der Waals surface area contributed by atoms with E-state index in [1.54, 1.807) is 0 Å². The predicted octanol–water partition coefficient (Wildman–Crippen LogP) is 3.76. The van der Waals surface area contributed by atoms with Crippen molar-refractivity contribution in [2.45, 2.75) is 52.6 Å². The summed E-state index contributed by atoms with van der Waals surface area (Å²) in [7, 11) is 0. The molecule has 0 radical (unpaired) electrons. The van der Waals surface area contributed by atoms with Crippen molar-refractivity contribution in [1.29, 1.82) is 0 Å². The van der Waals surface area contributed by atoms with E-state index in [2.05, 4.69) is 38.2 Å². The minimum atomic E-state index is 0.557. The van der Waals surface area contributed by atoms with Gasteiger partial charge in [-0.05, 0) is 37.0 Å². The zero-order chi connectivity index (χ0) is 14.4. The Kier molecular flexibility index (Phi) is 5.72. The number of hydrogen-bond donors (Lipinski definition) is 1. The molecular formula is C17H27NO2. The van der Waals surface area contributed by atoms with Crippen LogP contribution in [0.5, 0.6) is 11.5 Å². The van der Waals surface area contributed by atoms with Crippen molar-refractivity contribution in [2.75, 3.05) is 13.2 Å². The normalized spacial score (nSPS) is 15.4. The van der Waals surface area contributed by atoms with E-state index in [0.717, 1.165) is 24.0 Å². The first-order chi connectivity index (χ1) is 9.65. The summed E-state index contributed by atoms with van der Waals surface area (Å²) in [6.45, 7) is 9.02. The van der Waals surface area contributed by atoms with Crippen LogP contribution in [0.15, 0.2) is 18.2 Å². The van der Waals surface area contributed by atoms with Crippen LogP contribution in [0.4, 0.5) is 0 Å². The van der Waals surface area contributed by atoms with Gasteiger partial charge in [-0.3, -0.25) is 0 Å². The van der Waals surface area contributed by atoms with Crippen molar-refractivity contribution in [1.82, 2.24) is 5.32 Å². The maximum absolute atomic E-state index is 5.61. The molecule has 1 unspecified atom stereocenters. The molecule has 0 bridgehead atoms. The average Bonchev–Trinajstić information content (AvgIpc) is 2.44. The summed E-state index contributed by atoms with van der Waals surface area (Å²) in [5.74, 6) is 2.55. The molecule has 0 spiro atoms. The van der Waals surface area contributed by atoms with Gasteiger partial charge in [-0.1, -0.05) is 32.8 Å². The fourth-order valence-corrected chi connectivity index (χ4v) is 2.42. The Morgan fingerprint density at radius 3 is 2.55 bits per heavy atom. The van der Waals surface area contributed by atoms with E-state index in [4.69, 9.17) is 9.47 Å². The Morgan fingerprint density at radius 1 is 1.05 bits per heavy atom. The average molecular weight is 277 g/mol. The summed E-state index contributed by atoms with van der Waals surface area (Å²) in [6, 6.07) is 6.76. The molecule has 0 aliphatic carbocycles. The zero-order valence-corrected chi connectivity index (χ0v) is 12.9. The molecule has 2 rings (SSSR count). The number of fused-ring (bicyclic) bond motifs is 1. The first kappa shape index (κ1) is 15.2. The van der Waals surface area contributed by atoms with Crippen LogP contribution in [0.1, 0.15) is 45.6 Å². The second-order valence-electron chi connectivity index (χ2n) is 6.08. The quantitative estimate of drug-likeness (QED) is 0.823. The maximum atomic E-state index is 5.61. The SMILES string of the molecule is CC(C)CCCC(C)NCc1ccc2c(c1)OCCO2. The van der Waals surface area contributed by atoms with E-state index >= 15 is 0 Å². The van der Waals surface area contributed by atoms with Crippen LogP contribution in [0, 0.1) is 5.92 Å². The zero-order valence-electron chi connectivity index (χ0n) is 12.9. The molecule has 1 aliphatic rings. The fraction of sp³-hybridized carbons (Fsp3) is 0.647. The second-order valence-corrected chi connectivity index (χ2v) is 6.08. The standard InChI is InChI=1S/C17H27NO2/c1-13(2)5-4-6-14(3)18-12-15-7-8-16-17(11-15)20-10-9-19-16/h7-8,11,13-14,18H,4-6,9-10,12H2,1-3H3. The molecule has 3 nitrogen and oxygen atoms in total. The van der Waals surface area contributed by atoms with Crippen molar-refractivity contribution >= 4 is 0 Å². The first-order valence-electron chi connectivity index (χ1n) is 7.77. The van der Waals surface area contributed by atoms with Gasteiger partial charge in [0.05, 0.1) is 0 Å². The topological polar surface area (TPSA) is 30.5 Å². The van der Waals surface area contributed by atoms with Crippen LogP contribution in [0.3, 0.4) is 0 Å². The Labute approximate surface area is 122 Å². The molecule has 112 valence electrons. The van der Waals surface area contributed by atoms with Crippen molar-refractivity contribution in [3.63, 3.8) is 0 Å². The summed E-state index contributed by atoms with van der Waals surface area (Å²) in [5, 5.41) is 3.58. The summed E-state index contributed by atoms with van der Waals surface area (Å²) in [5.41, 5.74) is 1.25. The van der Waals surface area contributed by atoms with Crippen LogP contribution < -0.4 is 14.8 Å². The molecule has 1 aliphatic heterocycles. The van der Waals surface area contributed by atoms with E-state index in [-0.39, 0.29) is 0 Å². The summed E-state index contributed by atoms with van der Waals surface area (Å²) >= 11 is 0. The van der Waals surface area contributed by atoms with Crippen molar-refractivity contribution in [3.05, 3.63) is 23.8 Å². The lowest BCUT2D eigenvalue weighted by Gasteiger charge is -2.19. The van der Waals surface area contributed by atoms with Gasteiger partial charge in [0.1, 0.15) is 13.2 Å². The Balaban J connectivity index is 1.76.